The molecule has 3 saturated carbocycles. The first kappa shape index (κ1) is 29.1. The molecule has 0 bridgehead atoms. The van der Waals surface area contributed by atoms with Crippen LogP contribution >= 0.6 is 0 Å². The zero-order valence-electron chi connectivity index (χ0n) is 23.1. The Bertz CT molecular complexity index is 1350. The third-order valence-electron chi connectivity index (χ3n) is 8.15. The molecule has 0 spiro atoms. The van der Waals surface area contributed by atoms with E-state index in [0.717, 1.165) is 12.8 Å². The molecular formula is C31H34F4N4O2. The summed E-state index contributed by atoms with van der Waals surface area (Å²) >= 11 is 0. The second kappa shape index (κ2) is 10.8. The Morgan fingerprint density at radius 2 is 1.68 bits per heavy atom. The smallest absolute Gasteiger partial charge is 0.257 e. The van der Waals surface area contributed by atoms with Gasteiger partial charge in [0.2, 0.25) is 11.8 Å². The summed E-state index contributed by atoms with van der Waals surface area (Å²) in [5.74, 6) is -1.33. The normalized spacial score (nSPS) is 20.0. The van der Waals surface area contributed by atoms with Crippen molar-refractivity contribution >= 4 is 11.8 Å². The number of nitrogens with zero attached hydrogens (tertiary/aromatic N) is 1. The van der Waals surface area contributed by atoms with Crippen LogP contribution in [0.2, 0.25) is 0 Å². The topological polar surface area (TPSA) is 94.0 Å². The molecule has 2 aromatic carbocycles. The number of carbonyl (C=O) groups excluding carboxylic acids is 2. The van der Waals surface area contributed by atoms with Crippen LogP contribution in [0.5, 0.6) is 0 Å². The van der Waals surface area contributed by atoms with E-state index >= 15 is 4.39 Å². The number of hydrogen-bond acceptors (Lipinski definition) is 4. The first-order chi connectivity index (χ1) is 19.3. The largest absolute Gasteiger partial charge is 0.353 e. The number of rotatable bonds is 12. The highest BCUT2D eigenvalue weighted by molar-refractivity contribution is 5.92. The van der Waals surface area contributed by atoms with E-state index in [1.54, 1.807) is 24.3 Å². The van der Waals surface area contributed by atoms with Crippen LogP contribution < -0.4 is 16.0 Å². The molecular weight excluding hydrogens is 536 g/mol. The minimum Gasteiger partial charge on any atom is -0.353 e. The number of nitriles is 1. The molecule has 3 fully saturated rings. The maximum absolute atomic E-state index is 15.2. The highest BCUT2D eigenvalue weighted by Crippen LogP contribution is 2.50. The number of benzene rings is 2. The fraction of sp³-hybridized carbons (Fsp3) is 0.516. The summed E-state index contributed by atoms with van der Waals surface area (Å²) in [5, 5.41) is 17.5. The van der Waals surface area contributed by atoms with Crippen LogP contribution in [0, 0.1) is 17.1 Å². The molecule has 0 unspecified atom stereocenters. The van der Waals surface area contributed by atoms with Crippen LogP contribution in [0.3, 0.4) is 0 Å². The van der Waals surface area contributed by atoms with Gasteiger partial charge < -0.3 is 10.6 Å². The Morgan fingerprint density at radius 3 is 2.17 bits per heavy atom. The van der Waals surface area contributed by atoms with Gasteiger partial charge in [-0.15, -0.1) is 0 Å². The van der Waals surface area contributed by atoms with Crippen molar-refractivity contribution < 1.29 is 27.2 Å². The quantitative estimate of drug-likeness (QED) is 0.299. The van der Waals surface area contributed by atoms with E-state index in [2.05, 4.69) is 16.0 Å². The fourth-order valence-corrected chi connectivity index (χ4v) is 5.22. The molecule has 0 aliphatic heterocycles. The van der Waals surface area contributed by atoms with Gasteiger partial charge in [-0.1, -0.05) is 36.4 Å². The van der Waals surface area contributed by atoms with Gasteiger partial charge in [0.15, 0.2) is 0 Å². The van der Waals surface area contributed by atoms with E-state index in [-0.39, 0.29) is 23.9 Å². The van der Waals surface area contributed by atoms with Crippen LogP contribution in [0.25, 0.3) is 11.1 Å². The molecule has 0 radical (unpaired) electrons. The zero-order chi connectivity index (χ0) is 29.6. The van der Waals surface area contributed by atoms with Gasteiger partial charge >= 0.3 is 0 Å². The van der Waals surface area contributed by atoms with Gasteiger partial charge in [0.25, 0.3) is 6.43 Å². The highest BCUT2D eigenvalue weighted by Gasteiger charge is 2.53. The number of amides is 2. The van der Waals surface area contributed by atoms with Crippen LogP contribution in [0.4, 0.5) is 17.6 Å². The lowest BCUT2D eigenvalue weighted by Gasteiger charge is -2.29. The van der Waals surface area contributed by atoms with Gasteiger partial charge in [-0.05, 0) is 75.1 Å². The Balaban J connectivity index is 1.32. The number of hydrogen-bond donors (Lipinski definition) is 3. The van der Waals surface area contributed by atoms with Crippen LogP contribution in [0.15, 0.2) is 42.5 Å². The number of halogens is 4. The second-order valence-corrected chi connectivity index (χ2v) is 12.3. The maximum atomic E-state index is 15.2. The molecule has 2 amide bonds. The van der Waals surface area contributed by atoms with Crippen molar-refractivity contribution in [2.45, 2.75) is 100.0 Å². The summed E-state index contributed by atoms with van der Waals surface area (Å²) in [6.07, 6.45) is 0.707. The first-order valence-electron chi connectivity index (χ1n) is 14.0. The number of nitrogens with one attached hydrogen (secondary N) is 3. The predicted octanol–water partition coefficient (Wildman–Crippen LogP) is 5.38. The Hall–Kier alpha value is -3.45. The molecule has 10 heteroatoms. The third-order valence-corrected chi connectivity index (χ3v) is 8.15. The molecule has 2 atom stereocenters. The highest BCUT2D eigenvalue weighted by atomic mass is 19.3. The molecule has 5 rings (SSSR count). The monoisotopic (exact) mass is 570 g/mol. The van der Waals surface area contributed by atoms with Crippen molar-refractivity contribution in [2.75, 3.05) is 0 Å². The molecule has 6 nitrogen and oxygen atoms in total. The van der Waals surface area contributed by atoms with Gasteiger partial charge in [0, 0.05) is 18.0 Å². The fourth-order valence-electron chi connectivity index (χ4n) is 5.22. The first-order valence-corrected chi connectivity index (χ1v) is 14.0. The lowest BCUT2D eigenvalue weighted by Crippen LogP contribution is -2.52. The molecule has 218 valence electrons. The standard InChI is InChI=1S/C31H34F4N4O2/c1-29(2,35)16-24(27(40)39-30(17-36)11-12-30)38-25(26(33)34)19-5-3-18(4-6-19)20-7-10-22(23(32)15-20)31(13-14-31)28(41)37-21-8-9-21/h3-7,10,15,21,24-26,38H,8-9,11-14,16H2,1-2H3,(H,37,41)(H,39,40)/t24-,25-/m0/s1. The van der Waals surface area contributed by atoms with Crippen LogP contribution in [0.1, 0.15) is 76.0 Å². The molecule has 2 aromatic rings. The molecule has 3 aliphatic rings. The number of carbonyl (C=O) groups is 2. The van der Waals surface area contributed by atoms with Gasteiger partial charge in [0.1, 0.15) is 17.0 Å². The summed E-state index contributed by atoms with van der Waals surface area (Å²) < 4.78 is 58.2. The van der Waals surface area contributed by atoms with Gasteiger partial charge in [-0.25, -0.2) is 17.6 Å². The van der Waals surface area contributed by atoms with E-state index in [1.165, 1.54) is 32.0 Å². The average molecular weight is 571 g/mol. The molecule has 41 heavy (non-hydrogen) atoms. The van der Waals surface area contributed by atoms with E-state index < -0.39 is 46.9 Å². The Labute approximate surface area is 236 Å². The van der Waals surface area contributed by atoms with Crippen molar-refractivity contribution in [1.29, 1.82) is 5.26 Å². The average Bonchev–Trinajstić information content (AvgIpc) is 3.77. The van der Waals surface area contributed by atoms with Crippen molar-refractivity contribution in [2.24, 2.45) is 0 Å². The summed E-state index contributed by atoms with van der Waals surface area (Å²) in [6, 6.07) is 10.1. The van der Waals surface area contributed by atoms with Gasteiger partial charge in [0.05, 0.1) is 23.6 Å². The van der Waals surface area contributed by atoms with Crippen LogP contribution in [-0.4, -0.2) is 41.5 Å². The molecule has 3 aliphatic carbocycles. The molecule has 0 aromatic heterocycles. The van der Waals surface area contributed by atoms with Crippen molar-refractivity contribution in [3.05, 3.63) is 59.4 Å². The minimum absolute atomic E-state index is 0.135. The van der Waals surface area contributed by atoms with E-state index in [0.29, 0.717) is 42.4 Å². The summed E-state index contributed by atoms with van der Waals surface area (Å²) in [6.45, 7) is 2.51. The van der Waals surface area contributed by atoms with Gasteiger partial charge in [-0.2, -0.15) is 5.26 Å². The number of alkyl halides is 3. The summed E-state index contributed by atoms with van der Waals surface area (Å²) in [4.78, 5) is 25.6. The predicted molar refractivity (Wildman–Crippen MR) is 145 cm³/mol. The SMILES string of the molecule is CC(C)(F)C[C@H](N[C@@H](c1ccc(-c2ccc(C3(C(=O)NC4CC4)CC3)c(F)c2)cc1)C(F)F)C(=O)NC1(C#N)CC1. The maximum Gasteiger partial charge on any atom is 0.257 e. The third kappa shape index (κ3) is 6.56. The Morgan fingerprint density at radius 1 is 1.05 bits per heavy atom. The van der Waals surface area contributed by atoms with E-state index in [9.17, 15) is 28.0 Å². The molecule has 3 N–H and O–H groups in total. The molecule has 0 heterocycles. The van der Waals surface area contributed by atoms with Crippen molar-refractivity contribution in [1.82, 2.24) is 16.0 Å². The summed E-state index contributed by atoms with van der Waals surface area (Å²) in [5.41, 5.74) is -2.03. The molecule has 0 saturated heterocycles. The Kier molecular flexibility index (Phi) is 7.62. The zero-order valence-corrected chi connectivity index (χ0v) is 23.1. The van der Waals surface area contributed by atoms with Crippen molar-refractivity contribution in [3.63, 3.8) is 0 Å². The van der Waals surface area contributed by atoms with E-state index in [4.69, 9.17) is 0 Å². The minimum atomic E-state index is -2.92. The lowest BCUT2D eigenvalue weighted by atomic mass is 9.91. The summed E-state index contributed by atoms with van der Waals surface area (Å²) in [7, 11) is 0. The van der Waals surface area contributed by atoms with E-state index in [1.807, 2.05) is 6.07 Å². The van der Waals surface area contributed by atoms with Crippen molar-refractivity contribution in [3.8, 4) is 17.2 Å². The lowest BCUT2D eigenvalue weighted by molar-refractivity contribution is -0.125. The second-order valence-electron chi connectivity index (χ2n) is 12.3. The van der Waals surface area contributed by atoms with Crippen LogP contribution in [-0.2, 0) is 15.0 Å². The van der Waals surface area contributed by atoms with Gasteiger partial charge in [-0.3, -0.25) is 14.9 Å².